The van der Waals surface area contributed by atoms with Gasteiger partial charge < -0.3 is 23.7 Å². The van der Waals surface area contributed by atoms with E-state index in [0.717, 1.165) is 45.4 Å². The van der Waals surface area contributed by atoms with Crippen molar-refractivity contribution in [3.05, 3.63) is 208 Å². The summed E-state index contributed by atoms with van der Waals surface area (Å²) >= 11 is 0. The Morgan fingerprint density at radius 3 is 1.65 bits per heavy atom. The molecule has 0 spiro atoms. The monoisotopic (exact) mass is 768 g/mol. The first-order valence-electron chi connectivity index (χ1n) is 19.7. The Labute approximate surface area is 335 Å². The van der Waals surface area contributed by atoms with Crippen LogP contribution in [0.5, 0.6) is 5.75 Å². The van der Waals surface area contributed by atoms with Crippen LogP contribution in [0.25, 0.3) is 0 Å². The minimum Gasteiger partial charge on any atom is -0.489 e. The van der Waals surface area contributed by atoms with Crippen LogP contribution in [0, 0.1) is 6.92 Å². The van der Waals surface area contributed by atoms with E-state index in [9.17, 15) is 0 Å². The summed E-state index contributed by atoms with van der Waals surface area (Å²) in [5, 5.41) is 0. The van der Waals surface area contributed by atoms with Crippen molar-refractivity contribution in [1.82, 2.24) is 0 Å². The molecule has 5 nitrogen and oxygen atoms in total. The molecule has 6 aromatic rings. The first kappa shape index (κ1) is 40.0. The summed E-state index contributed by atoms with van der Waals surface area (Å²) in [4.78, 5) is 0. The summed E-state index contributed by atoms with van der Waals surface area (Å²) in [5.74, 6) is -2.96. The molecule has 0 aliphatic carbocycles. The predicted octanol–water partition coefficient (Wildman–Crippen LogP) is 11.2. The van der Waals surface area contributed by atoms with Crippen LogP contribution in [0.2, 0.25) is 0 Å². The summed E-state index contributed by atoms with van der Waals surface area (Å²) < 4.78 is 66.4. The van der Waals surface area contributed by atoms with Crippen LogP contribution in [-0.2, 0) is 58.2 Å². The molecule has 6 aromatic carbocycles. The van der Waals surface area contributed by atoms with E-state index >= 15 is 8.78 Å². The van der Waals surface area contributed by atoms with Crippen LogP contribution in [0.15, 0.2) is 158 Å². The van der Waals surface area contributed by atoms with E-state index < -0.39 is 30.3 Å². The van der Waals surface area contributed by atoms with Crippen LogP contribution in [-0.4, -0.2) is 30.8 Å². The minimum absolute atomic E-state index is 0.0408. The molecule has 0 amide bonds. The van der Waals surface area contributed by atoms with Gasteiger partial charge in [0, 0.05) is 5.56 Å². The molecular weight excluding hydrogens is 719 g/mol. The summed E-state index contributed by atoms with van der Waals surface area (Å²) in [5.41, 5.74) is 8.54. The van der Waals surface area contributed by atoms with Gasteiger partial charge in [-0.05, 0) is 76.4 Å². The van der Waals surface area contributed by atoms with Gasteiger partial charge in [0.1, 0.15) is 30.7 Å². The zero-order valence-corrected chi connectivity index (χ0v) is 32.6. The molecule has 4 atom stereocenters. The molecule has 0 saturated carbocycles. The van der Waals surface area contributed by atoms with E-state index in [2.05, 4.69) is 38.1 Å². The normalized spacial score (nSPS) is 18.9. The number of hydrogen-bond acceptors (Lipinski definition) is 5. The van der Waals surface area contributed by atoms with Crippen LogP contribution in [0.4, 0.5) is 8.78 Å². The Balaban J connectivity index is 1.30. The highest BCUT2D eigenvalue weighted by Gasteiger charge is 2.60. The molecule has 1 saturated heterocycles. The standard InChI is InChI=1S/C50H50F2O5/c1-3-37-24-26-38(27-25-37)29-43-30-44(45(28-36(43)2)54-32-40-18-10-5-11-19-40)47-48(55-33-41-20-12-6-13-21-41)49(56-34-42-22-14-7-15-23-42)50(51,52)46(57-47)35-53-31-39-16-8-4-9-17-39/h4-28,30,46-49H,3,29,31-35H2,1-2H3/t46-,47+,48+,49-/m1/s1. The lowest BCUT2D eigenvalue weighted by Crippen LogP contribution is -2.61. The maximum Gasteiger partial charge on any atom is 0.304 e. The maximum atomic E-state index is 17.1. The number of alkyl halides is 2. The zero-order valence-electron chi connectivity index (χ0n) is 32.6. The number of aryl methyl sites for hydroxylation is 2. The number of ether oxygens (including phenoxy) is 5. The lowest BCUT2D eigenvalue weighted by Gasteiger charge is -2.46. The number of benzene rings is 6. The third-order valence-corrected chi connectivity index (χ3v) is 10.5. The minimum atomic E-state index is -3.50. The highest BCUT2D eigenvalue weighted by Crippen LogP contribution is 2.47. The summed E-state index contributed by atoms with van der Waals surface area (Å²) in [7, 11) is 0. The van der Waals surface area contributed by atoms with Crippen molar-refractivity contribution in [1.29, 1.82) is 0 Å². The van der Waals surface area contributed by atoms with E-state index in [4.69, 9.17) is 23.7 Å². The SMILES string of the molecule is CCc1ccc(Cc2cc([C@@H]3O[C@H](COCc4ccccc4)C(F)(F)[C@H](OCc4ccccc4)[C@H]3OCc3ccccc3)c(OCc3ccccc3)cc2C)cc1. The van der Waals surface area contributed by atoms with E-state index in [-0.39, 0.29) is 33.0 Å². The number of hydrogen-bond donors (Lipinski definition) is 0. The van der Waals surface area contributed by atoms with Crippen LogP contribution in [0.3, 0.4) is 0 Å². The fraction of sp³-hybridized carbons (Fsp3) is 0.280. The summed E-state index contributed by atoms with van der Waals surface area (Å²) in [6, 6.07) is 50.9. The first-order chi connectivity index (χ1) is 27.9. The Kier molecular flexibility index (Phi) is 13.6. The van der Waals surface area contributed by atoms with Crippen LogP contribution >= 0.6 is 0 Å². The molecule has 7 rings (SSSR count). The van der Waals surface area contributed by atoms with E-state index in [1.54, 1.807) is 0 Å². The molecule has 1 fully saturated rings. The van der Waals surface area contributed by atoms with Gasteiger partial charge in [-0.25, -0.2) is 8.78 Å². The summed E-state index contributed by atoms with van der Waals surface area (Å²) in [6.45, 7) is 4.30. The lowest BCUT2D eigenvalue weighted by atomic mass is 9.87. The van der Waals surface area contributed by atoms with Crippen LogP contribution < -0.4 is 4.74 Å². The summed E-state index contributed by atoms with van der Waals surface area (Å²) in [6.07, 6.45) is -4.00. The largest absolute Gasteiger partial charge is 0.489 e. The second-order valence-corrected chi connectivity index (χ2v) is 14.6. The Morgan fingerprint density at radius 1 is 0.579 bits per heavy atom. The average molecular weight is 769 g/mol. The fourth-order valence-corrected chi connectivity index (χ4v) is 7.20. The van der Waals surface area contributed by atoms with Gasteiger partial charge in [0.05, 0.1) is 26.4 Å². The molecule has 1 heterocycles. The van der Waals surface area contributed by atoms with Gasteiger partial charge in [-0.1, -0.05) is 153 Å². The quantitative estimate of drug-likeness (QED) is 0.0925. The molecule has 57 heavy (non-hydrogen) atoms. The van der Waals surface area contributed by atoms with Crippen molar-refractivity contribution in [2.45, 2.75) is 83.5 Å². The predicted molar refractivity (Wildman–Crippen MR) is 219 cm³/mol. The van der Waals surface area contributed by atoms with Crippen molar-refractivity contribution < 1.29 is 32.5 Å². The van der Waals surface area contributed by atoms with Crippen molar-refractivity contribution >= 4 is 0 Å². The van der Waals surface area contributed by atoms with Crippen molar-refractivity contribution in [3.8, 4) is 5.75 Å². The van der Waals surface area contributed by atoms with Gasteiger partial charge in [0.15, 0.2) is 6.10 Å². The smallest absolute Gasteiger partial charge is 0.304 e. The molecule has 1 aliphatic heterocycles. The molecule has 0 N–H and O–H groups in total. The number of halogens is 2. The fourth-order valence-electron chi connectivity index (χ4n) is 7.20. The van der Waals surface area contributed by atoms with Gasteiger partial charge in [-0.15, -0.1) is 0 Å². The average Bonchev–Trinajstić information content (AvgIpc) is 3.25. The van der Waals surface area contributed by atoms with E-state index in [1.807, 2.05) is 133 Å². The molecule has 0 bridgehead atoms. The Bertz CT molecular complexity index is 2110. The third kappa shape index (κ3) is 10.4. The van der Waals surface area contributed by atoms with E-state index in [0.29, 0.717) is 17.7 Å². The van der Waals surface area contributed by atoms with Crippen molar-refractivity contribution in [2.24, 2.45) is 0 Å². The molecule has 0 aromatic heterocycles. The second-order valence-electron chi connectivity index (χ2n) is 14.6. The highest BCUT2D eigenvalue weighted by molar-refractivity contribution is 5.46. The van der Waals surface area contributed by atoms with Gasteiger partial charge in [-0.3, -0.25) is 0 Å². The van der Waals surface area contributed by atoms with Gasteiger partial charge in [0.25, 0.3) is 0 Å². The van der Waals surface area contributed by atoms with Gasteiger partial charge >= 0.3 is 5.92 Å². The molecule has 294 valence electrons. The second kappa shape index (κ2) is 19.3. The Hall–Kier alpha value is -5.18. The van der Waals surface area contributed by atoms with Crippen molar-refractivity contribution in [3.63, 3.8) is 0 Å². The van der Waals surface area contributed by atoms with Crippen LogP contribution in [0.1, 0.15) is 63.1 Å². The molecule has 0 radical (unpaired) electrons. The molecule has 0 unspecified atom stereocenters. The molecular formula is C50H50F2O5. The van der Waals surface area contributed by atoms with Crippen molar-refractivity contribution in [2.75, 3.05) is 6.61 Å². The topological polar surface area (TPSA) is 46.2 Å². The Morgan fingerprint density at radius 2 is 1.09 bits per heavy atom. The molecule has 7 heteroatoms. The molecule has 1 aliphatic rings. The maximum absolute atomic E-state index is 17.1. The lowest BCUT2D eigenvalue weighted by molar-refractivity contribution is -0.320. The van der Waals surface area contributed by atoms with Gasteiger partial charge in [-0.2, -0.15) is 0 Å². The number of rotatable bonds is 17. The first-order valence-corrected chi connectivity index (χ1v) is 19.7. The third-order valence-electron chi connectivity index (χ3n) is 10.5. The zero-order chi connectivity index (χ0) is 39.5. The van der Waals surface area contributed by atoms with Gasteiger partial charge in [0.2, 0.25) is 0 Å². The highest BCUT2D eigenvalue weighted by atomic mass is 19.3. The van der Waals surface area contributed by atoms with E-state index in [1.165, 1.54) is 5.56 Å².